The van der Waals surface area contributed by atoms with Gasteiger partial charge in [-0.3, -0.25) is 14.5 Å². The molecule has 0 fully saturated rings. The molecule has 1 aliphatic heterocycles. The van der Waals surface area contributed by atoms with Gasteiger partial charge in [0.25, 0.3) is 0 Å². The summed E-state index contributed by atoms with van der Waals surface area (Å²) in [5, 5.41) is 8.74. The van der Waals surface area contributed by atoms with E-state index in [-0.39, 0.29) is 30.8 Å². The molecule has 5 nitrogen and oxygen atoms in total. The molecule has 1 aliphatic rings. The van der Waals surface area contributed by atoms with Crippen LogP contribution >= 0.6 is 12.4 Å². The van der Waals surface area contributed by atoms with Gasteiger partial charge < -0.3 is 10.0 Å². The molecule has 6 heteroatoms. The minimum absolute atomic E-state index is 0. The van der Waals surface area contributed by atoms with Gasteiger partial charge in [-0.1, -0.05) is 18.2 Å². The third-order valence-corrected chi connectivity index (χ3v) is 4.07. The summed E-state index contributed by atoms with van der Waals surface area (Å²) >= 11 is 0. The van der Waals surface area contributed by atoms with Gasteiger partial charge >= 0.3 is 5.97 Å². The molecular formula is C16H23ClN2O3. The second kappa shape index (κ2) is 8.15. The number of amides is 1. The monoisotopic (exact) mass is 326 g/mol. The Morgan fingerprint density at radius 3 is 2.73 bits per heavy atom. The lowest BCUT2D eigenvalue weighted by Crippen LogP contribution is -2.48. The topological polar surface area (TPSA) is 60.9 Å². The molecule has 0 saturated carbocycles. The third-order valence-electron chi connectivity index (χ3n) is 4.07. The van der Waals surface area contributed by atoms with Crippen molar-refractivity contribution >= 4 is 30.0 Å². The lowest BCUT2D eigenvalue weighted by Gasteiger charge is -2.34. The molecule has 2 rings (SSSR count). The summed E-state index contributed by atoms with van der Waals surface area (Å²) in [6.07, 6.45) is 2.02. The van der Waals surface area contributed by atoms with Crippen molar-refractivity contribution in [2.75, 3.05) is 25.0 Å². The number of rotatable bonds is 5. The molecule has 0 saturated heterocycles. The molecule has 1 amide bonds. The van der Waals surface area contributed by atoms with Gasteiger partial charge in [-0.05, 0) is 38.4 Å². The second-order valence-corrected chi connectivity index (χ2v) is 5.52. The highest BCUT2D eigenvalue weighted by molar-refractivity contribution is 5.98. The van der Waals surface area contributed by atoms with Crippen LogP contribution in [-0.4, -0.2) is 48.1 Å². The van der Waals surface area contributed by atoms with E-state index in [1.54, 1.807) is 11.9 Å². The smallest absolute Gasteiger partial charge is 0.304 e. The standard InChI is InChI=1S/C16H22N2O3.ClH/c1-12(17(2)11-9-15(19)20)16(21)18-10-5-7-13-6-3-4-8-14(13)18;/h3-4,6,8,12H,5,7,9-11H2,1-2H3,(H,19,20);1H. The number of carbonyl (C=O) groups excluding carboxylic acids is 1. The van der Waals surface area contributed by atoms with Crippen LogP contribution in [-0.2, 0) is 16.0 Å². The summed E-state index contributed by atoms with van der Waals surface area (Å²) in [6, 6.07) is 7.66. The number of aryl methyl sites for hydroxylation is 1. The maximum absolute atomic E-state index is 12.7. The van der Waals surface area contributed by atoms with Crippen molar-refractivity contribution < 1.29 is 14.7 Å². The molecule has 1 N–H and O–H groups in total. The van der Waals surface area contributed by atoms with Crippen molar-refractivity contribution in [3.05, 3.63) is 29.8 Å². The number of nitrogens with zero attached hydrogens (tertiary/aromatic N) is 2. The van der Waals surface area contributed by atoms with Crippen LogP contribution in [0.15, 0.2) is 24.3 Å². The number of carboxylic acid groups (broad SMARTS) is 1. The minimum atomic E-state index is -0.843. The number of carbonyl (C=O) groups is 2. The molecule has 0 bridgehead atoms. The van der Waals surface area contributed by atoms with Crippen LogP contribution in [0.3, 0.4) is 0 Å². The zero-order valence-electron chi connectivity index (χ0n) is 13.0. The Kier molecular flexibility index (Phi) is 6.84. The van der Waals surface area contributed by atoms with Crippen molar-refractivity contribution in [3.63, 3.8) is 0 Å². The molecule has 122 valence electrons. The number of anilines is 1. The molecule has 1 aromatic carbocycles. The summed E-state index contributed by atoms with van der Waals surface area (Å²) in [7, 11) is 1.79. The van der Waals surface area contributed by atoms with E-state index in [9.17, 15) is 9.59 Å². The van der Waals surface area contributed by atoms with Crippen molar-refractivity contribution in [2.45, 2.75) is 32.2 Å². The maximum Gasteiger partial charge on any atom is 0.304 e. The van der Waals surface area contributed by atoms with E-state index in [1.807, 2.05) is 30.0 Å². The van der Waals surface area contributed by atoms with Gasteiger partial charge in [0.05, 0.1) is 12.5 Å². The fourth-order valence-corrected chi connectivity index (χ4v) is 2.64. The average molecular weight is 327 g/mol. The molecule has 0 radical (unpaired) electrons. The highest BCUT2D eigenvalue weighted by Gasteiger charge is 2.28. The first-order chi connectivity index (χ1) is 10.0. The number of hydrogen-bond acceptors (Lipinski definition) is 3. The van der Waals surface area contributed by atoms with Crippen LogP contribution in [0.4, 0.5) is 5.69 Å². The highest BCUT2D eigenvalue weighted by Crippen LogP contribution is 2.27. The van der Waals surface area contributed by atoms with Gasteiger partial charge in [0.2, 0.25) is 5.91 Å². The number of benzene rings is 1. The summed E-state index contributed by atoms with van der Waals surface area (Å²) in [5.74, 6) is -0.806. The van der Waals surface area contributed by atoms with Gasteiger partial charge in [-0.25, -0.2) is 0 Å². The van der Waals surface area contributed by atoms with Gasteiger partial charge in [0, 0.05) is 18.8 Å². The summed E-state index contributed by atoms with van der Waals surface area (Å²) in [5.41, 5.74) is 2.20. The largest absolute Gasteiger partial charge is 0.481 e. The van der Waals surface area contributed by atoms with E-state index in [2.05, 4.69) is 6.07 Å². The zero-order chi connectivity index (χ0) is 15.4. The Bertz CT molecular complexity index is 536. The van der Waals surface area contributed by atoms with E-state index in [0.29, 0.717) is 6.54 Å². The summed E-state index contributed by atoms with van der Waals surface area (Å²) in [6.45, 7) is 2.94. The second-order valence-electron chi connectivity index (χ2n) is 5.52. The SMILES string of the molecule is CC(C(=O)N1CCCc2ccccc21)N(C)CCC(=O)O.Cl. The third kappa shape index (κ3) is 4.21. The number of aliphatic carboxylic acids is 1. The highest BCUT2D eigenvalue weighted by atomic mass is 35.5. The van der Waals surface area contributed by atoms with Crippen LogP contribution in [0, 0.1) is 0 Å². The lowest BCUT2D eigenvalue weighted by atomic mass is 10.0. The van der Waals surface area contributed by atoms with Crippen molar-refractivity contribution in [1.29, 1.82) is 0 Å². The Morgan fingerprint density at radius 2 is 2.05 bits per heavy atom. The molecule has 22 heavy (non-hydrogen) atoms. The number of para-hydroxylation sites is 1. The molecule has 1 unspecified atom stereocenters. The van der Waals surface area contributed by atoms with Crippen molar-refractivity contribution in [1.82, 2.24) is 4.90 Å². The molecule has 1 atom stereocenters. The van der Waals surface area contributed by atoms with Crippen LogP contribution in [0.2, 0.25) is 0 Å². The van der Waals surface area contributed by atoms with Crippen LogP contribution in [0.25, 0.3) is 0 Å². The van der Waals surface area contributed by atoms with Crippen molar-refractivity contribution in [2.24, 2.45) is 0 Å². The van der Waals surface area contributed by atoms with Gasteiger partial charge in [0.15, 0.2) is 0 Å². The normalized spacial score (nSPS) is 15.0. The van der Waals surface area contributed by atoms with Crippen molar-refractivity contribution in [3.8, 4) is 0 Å². The quantitative estimate of drug-likeness (QED) is 0.901. The Hall–Kier alpha value is -1.59. The molecular weight excluding hydrogens is 304 g/mol. The van der Waals surface area contributed by atoms with Gasteiger partial charge in [-0.15, -0.1) is 12.4 Å². The maximum atomic E-state index is 12.7. The number of likely N-dealkylation sites (N-methyl/N-ethyl adjacent to an activating group) is 1. The van der Waals surface area contributed by atoms with E-state index >= 15 is 0 Å². The summed E-state index contributed by atoms with van der Waals surface area (Å²) in [4.78, 5) is 27.0. The molecule has 0 aliphatic carbocycles. The molecule has 1 heterocycles. The number of carboxylic acids is 1. The first-order valence-electron chi connectivity index (χ1n) is 7.32. The predicted octanol–water partition coefficient (Wildman–Crippen LogP) is 2.18. The molecule has 0 spiro atoms. The number of halogens is 1. The predicted molar refractivity (Wildman–Crippen MR) is 88.7 cm³/mol. The Morgan fingerprint density at radius 1 is 1.36 bits per heavy atom. The van der Waals surface area contributed by atoms with Crippen LogP contribution < -0.4 is 4.90 Å². The van der Waals surface area contributed by atoms with E-state index < -0.39 is 5.97 Å². The Balaban J connectivity index is 0.00000242. The van der Waals surface area contributed by atoms with Crippen LogP contribution in [0.5, 0.6) is 0 Å². The zero-order valence-corrected chi connectivity index (χ0v) is 13.8. The van der Waals surface area contributed by atoms with Crippen LogP contribution in [0.1, 0.15) is 25.3 Å². The lowest BCUT2D eigenvalue weighted by molar-refractivity contribution is -0.138. The fourth-order valence-electron chi connectivity index (χ4n) is 2.64. The molecule has 1 aromatic rings. The van der Waals surface area contributed by atoms with E-state index in [4.69, 9.17) is 5.11 Å². The Labute approximate surface area is 137 Å². The average Bonchev–Trinajstić information content (AvgIpc) is 2.50. The number of hydrogen-bond donors (Lipinski definition) is 1. The van der Waals surface area contributed by atoms with Gasteiger partial charge in [0.1, 0.15) is 0 Å². The first-order valence-corrected chi connectivity index (χ1v) is 7.32. The molecule has 0 aromatic heterocycles. The van der Waals surface area contributed by atoms with Gasteiger partial charge in [-0.2, -0.15) is 0 Å². The number of fused-ring (bicyclic) bond motifs is 1. The minimum Gasteiger partial charge on any atom is -0.481 e. The first kappa shape index (κ1) is 18.5. The fraction of sp³-hybridized carbons (Fsp3) is 0.500. The van der Waals surface area contributed by atoms with E-state index in [0.717, 1.165) is 25.1 Å². The van der Waals surface area contributed by atoms with E-state index in [1.165, 1.54) is 5.56 Å². The summed E-state index contributed by atoms with van der Waals surface area (Å²) < 4.78 is 0.